The van der Waals surface area contributed by atoms with Gasteiger partial charge in [0.2, 0.25) is 0 Å². The van der Waals surface area contributed by atoms with E-state index in [1.165, 1.54) is 5.56 Å². The summed E-state index contributed by atoms with van der Waals surface area (Å²) >= 11 is 0. The van der Waals surface area contributed by atoms with Crippen molar-refractivity contribution in [2.75, 3.05) is 5.75 Å². The summed E-state index contributed by atoms with van der Waals surface area (Å²) in [5.41, 5.74) is 2.40. The molecule has 2 rings (SSSR count). The molecule has 1 radical (unpaired) electrons. The molecule has 26 heavy (non-hydrogen) atoms. The van der Waals surface area contributed by atoms with Gasteiger partial charge in [-0.2, -0.15) is 8.42 Å². The number of unbranched alkanes of at least 4 members (excludes halogenated alkanes) is 4. The van der Waals surface area contributed by atoms with Crippen molar-refractivity contribution in [3.8, 4) is 5.75 Å². The Balaban J connectivity index is 0.00000338. The summed E-state index contributed by atoms with van der Waals surface area (Å²) in [4.78, 5) is 0. The Morgan fingerprint density at radius 1 is 0.808 bits per heavy atom. The molecular weight excluding hydrogens is 359 g/mol. The van der Waals surface area contributed by atoms with E-state index in [-0.39, 0.29) is 35.3 Å². The molecule has 0 bridgehead atoms. The van der Waals surface area contributed by atoms with E-state index in [1.54, 1.807) is 0 Å². The first-order valence-electron chi connectivity index (χ1n) is 8.74. The molecule has 0 saturated heterocycles. The number of aryl methyl sites for hydroxylation is 1. The van der Waals surface area contributed by atoms with Crippen LogP contribution in [0, 0.1) is 0 Å². The van der Waals surface area contributed by atoms with E-state index in [4.69, 9.17) is 9.29 Å². The second kappa shape index (κ2) is 12.5. The van der Waals surface area contributed by atoms with Gasteiger partial charge in [0.15, 0.2) is 0 Å². The van der Waals surface area contributed by atoms with Crippen LogP contribution in [0.15, 0.2) is 54.6 Å². The normalized spacial score (nSPS) is 11.0. The summed E-state index contributed by atoms with van der Waals surface area (Å²) in [7, 11) is -3.80. The van der Waals surface area contributed by atoms with Crippen LogP contribution in [0.4, 0.5) is 0 Å². The number of ether oxygens (including phenoxy) is 1. The topological polar surface area (TPSA) is 63.6 Å². The summed E-state index contributed by atoms with van der Waals surface area (Å²) in [5, 5.41) is 0. The van der Waals surface area contributed by atoms with Gasteiger partial charge >= 0.3 is 0 Å². The smallest absolute Gasteiger partial charge is 0.264 e. The van der Waals surface area contributed by atoms with Crippen molar-refractivity contribution in [3.05, 3.63) is 65.7 Å². The molecule has 2 aromatic carbocycles. The molecule has 0 aliphatic rings. The van der Waals surface area contributed by atoms with Crippen LogP contribution >= 0.6 is 0 Å². The van der Waals surface area contributed by atoms with Crippen molar-refractivity contribution < 1.29 is 17.7 Å². The van der Waals surface area contributed by atoms with Gasteiger partial charge in [-0.25, -0.2) is 0 Å². The van der Waals surface area contributed by atoms with Crippen LogP contribution in [0.5, 0.6) is 5.75 Å². The molecular formula is C20H26NaO4S. The Morgan fingerprint density at radius 2 is 1.46 bits per heavy atom. The summed E-state index contributed by atoms with van der Waals surface area (Å²) in [5.74, 6) is 0.753. The molecule has 0 atom stereocenters. The quantitative estimate of drug-likeness (QED) is 0.356. The fraction of sp³-hybridized carbons (Fsp3) is 0.400. The molecule has 0 fully saturated rings. The van der Waals surface area contributed by atoms with Crippen molar-refractivity contribution in [3.63, 3.8) is 0 Å². The fourth-order valence-corrected chi connectivity index (χ4v) is 3.24. The molecule has 0 heterocycles. The van der Waals surface area contributed by atoms with Gasteiger partial charge in [0, 0.05) is 29.6 Å². The molecule has 4 nitrogen and oxygen atoms in total. The first kappa shape index (κ1) is 23.2. The number of hydrogen-bond donors (Lipinski definition) is 1. The minimum absolute atomic E-state index is 0. The van der Waals surface area contributed by atoms with Crippen molar-refractivity contribution in [1.82, 2.24) is 0 Å². The Bertz CT molecular complexity index is 732. The third kappa shape index (κ3) is 10.3. The predicted molar refractivity (Wildman–Crippen MR) is 106 cm³/mol. The first-order valence-corrected chi connectivity index (χ1v) is 10.3. The first-order chi connectivity index (χ1) is 12.0. The van der Waals surface area contributed by atoms with Crippen LogP contribution in [0.2, 0.25) is 0 Å². The van der Waals surface area contributed by atoms with Crippen LogP contribution in [0.25, 0.3) is 0 Å². The predicted octanol–water partition coefficient (Wildman–Crippen LogP) is 4.27. The Morgan fingerprint density at radius 3 is 2.19 bits per heavy atom. The van der Waals surface area contributed by atoms with Gasteiger partial charge in [0.1, 0.15) is 12.4 Å². The molecule has 0 unspecified atom stereocenters. The summed E-state index contributed by atoms with van der Waals surface area (Å²) in [6.07, 6.45) is 5.46. The van der Waals surface area contributed by atoms with E-state index in [0.29, 0.717) is 13.0 Å². The third-order valence-electron chi connectivity index (χ3n) is 4.01. The second-order valence-corrected chi connectivity index (χ2v) is 7.80. The maximum atomic E-state index is 10.6. The van der Waals surface area contributed by atoms with Gasteiger partial charge in [-0.15, -0.1) is 0 Å². The SMILES string of the molecule is O=S(=O)(O)CCCCCCCc1cccc(OCc2ccccc2)c1.[Na]. The molecule has 2 aromatic rings. The molecule has 0 aromatic heterocycles. The average Bonchev–Trinajstić information content (AvgIpc) is 2.59. The second-order valence-electron chi connectivity index (χ2n) is 6.23. The Kier molecular flexibility index (Phi) is 11.2. The molecule has 1 N–H and O–H groups in total. The van der Waals surface area contributed by atoms with E-state index in [9.17, 15) is 8.42 Å². The molecule has 0 aliphatic carbocycles. The summed E-state index contributed by atoms with van der Waals surface area (Å²) in [6.45, 7) is 0.568. The van der Waals surface area contributed by atoms with E-state index in [0.717, 1.165) is 43.4 Å². The van der Waals surface area contributed by atoms with E-state index in [2.05, 4.69) is 12.1 Å². The molecule has 137 valence electrons. The van der Waals surface area contributed by atoms with Crippen molar-refractivity contribution in [2.24, 2.45) is 0 Å². The van der Waals surface area contributed by atoms with Crippen molar-refractivity contribution >= 4 is 39.7 Å². The number of hydrogen-bond acceptors (Lipinski definition) is 3. The van der Waals surface area contributed by atoms with Gasteiger partial charge < -0.3 is 4.74 Å². The fourth-order valence-electron chi connectivity index (χ4n) is 2.68. The maximum Gasteiger partial charge on any atom is 0.264 e. The van der Waals surface area contributed by atoms with Crippen LogP contribution < -0.4 is 4.74 Å². The van der Waals surface area contributed by atoms with E-state index < -0.39 is 10.1 Å². The molecule has 6 heteroatoms. The third-order valence-corrected chi connectivity index (χ3v) is 4.82. The van der Waals surface area contributed by atoms with E-state index in [1.807, 2.05) is 42.5 Å². The van der Waals surface area contributed by atoms with Crippen molar-refractivity contribution in [1.29, 1.82) is 0 Å². The van der Waals surface area contributed by atoms with Crippen LogP contribution in [-0.4, -0.2) is 48.3 Å². The number of benzene rings is 2. The van der Waals surface area contributed by atoms with E-state index >= 15 is 0 Å². The van der Waals surface area contributed by atoms with Gasteiger partial charge in [0.25, 0.3) is 10.1 Å². The van der Waals surface area contributed by atoms with Crippen LogP contribution in [-0.2, 0) is 23.1 Å². The van der Waals surface area contributed by atoms with Gasteiger partial charge in [-0.05, 0) is 42.5 Å². The minimum Gasteiger partial charge on any atom is -0.489 e. The Labute approximate surface area is 179 Å². The van der Waals surface area contributed by atoms with Crippen molar-refractivity contribution in [2.45, 2.75) is 45.1 Å². The van der Waals surface area contributed by atoms with Gasteiger partial charge in [0.05, 0.1) is 5.75 Å². The number of rotatable bonds is 11. The Hall–Kier alpha value is -0.850. The van der Waals surface area contributed by atoms with Crippen LogP contribution in [0.1, 0.15) is 43.2 Å². The minimum atomic E-state index is -3.80. The van der Waals surface area contributed by atoms with Gasteiger partial charge in [-0.1, -0.05) is 61.7 Å². The van der Waals surface area contributed by atoms with Gasteiger partial charge in [-0.3, -0.25) is 4.55 Å². The van der Waals surface area contributed by atoms with Crippen LogP contribution in [0.3, 0.4) is 0 Å². The molecule has 0 spiro atoms. The maximum absolute atomic E-state index is 10.6. The molecule has 0 amide bonds. The molecule has 0 aliphatic heterocycles. The summed E-state index contributed by atoms with van der Waals surface area (Å²) in [6, 6.07) is 18.3. The largest absolute Gasteiger partial charge is 0.489 e. The summed E-state index contributed by atoms with van der Waals surface area (Å²) < 4.78 is 35.8. The zero-order valence-electron chi connectivity index (χ0n) is 15.4. The monoisotopic (exact) mass is 385 g/mol. The zero-order chi connectivity index (χ0) is 18.0. The molecule has 0 saturated carbocycles. The zero-order valence-corrected chi connectivity index (χ0v) is 18.2. The average molecular weight is 385 g/mol. The standard InChI is InChI=1S/C20H26O4S.Na/c21-25(22,23)15-8-3-1-2-5-10-18-13-9-14-20(16-18)24-17-19-11-6-4-7-12-19;/h4,6-7,9,11-14,16H,1-3,5,8,10,15,17H2,(H,21,22,23);.